The molecular weight excluding hydrogens is 278 g/mol. The quantitative estimate of drug-likeness (QED) is 0.889. The second-order valence-electron chi connectivity index (χ2n) is 6.03. The Morgan fingerprint density at radius 3 is 2.95 bits per heavy atom. The molecule has 0 unspecified atom stereocenters. The van der Waals surface area contributed by atoms with Gasteiger partial charge < -0.3 is 15.1 Å². The highest BCUT2D eigenvalue weighted by atomic mass is 15.3. The van der Waals surface area contributed by atoms with Crippen LogP contribution in [0.15, 0.2) is 6.33 Å². The third kappa shape index (κ3) is 2.51. The number of hydrogen-bond donors (Lipinski definition) is 1. The standard InChI is InChI=1S/C15H21N7/c1-20(2)7-5-17-14-12(8-16)11-4-6-21(3)9-13(11)15-19-18-10-22(14)15/h10,17H,4-7,9H2,1-3H3. The van der Waals surface area contributed by atoms with Crippen LogP contribution in [0.5, 0.6) is 0 Å². The molecule has 3 heterocycles. The number of nitriles is 1. The molecule has 2 aromatic heterocycles. The highest BCUT2D eigenvalue weighted by molar-refractivity contribution is 5.68. The van der Waals surface area contributed by atoms with Gasteiger partial charge in [0, 0.05) is 31.7 Å². The van der Waals surface area contributed by atoms with E-state index in [4.69, 9.17) is 0 Å². The highest BCUT2D eigenvalue weighted by Gasteiger charge is 2.24. The number of aromatic nitrogens is 3. The van der Waals surface area contributed by atoms with E-state index in [0.29, 0.717) is 0 Å². The third-order valence-electron chi connectivity index (χ3n) is 4.10. The Labute approximate surface area is 130 Å². The number of hydrogen-bond acceptors (Lipinski definition) is 6. The van der Waals surface area contributed by atoms with Crippen LogP contribution in [0.3, 0.4) is 0 Å². The van der Waals surface area contributed by atoms with Crippen LogP contribution in [0.1, 0.15) is 16.7 Å². The molecule has 7 heteroatoms. The first-order valence-electron chi connectivity index (χ1n) is 7.46. The van der Waals surface area contributed by atoms with Gasteiger partial charge in [-0.1, -0.05) is 0 Å². The zero-order valence-electron chi connectivity index (χ0n) is 13.3. The van der Waals surface area contributed by atoms with Gasteiger partial charge in [0.25, 0.3) is 0 Å². The monoisotopic (exact) mass is 299 g/mol. The lowest BCUT2D eigenvalue weighted by Gasteiger charge is -2.27. The first kappa shape index (κ1) is 14.8. The molecule has 0 atom stereocenters. The maximum absolute atomic E-state index is 9.68. The molecule has 1 aliphatic heterocycles. The van der Waals surface area contributed by atoms with Gasteiger partial charge in [0.2, 0.25) is 0 Å². The van der Waals surface area contributed by atoms with Crippen molar-refractivity contribution in [1.82, 2.24) is 24.4 Å². The van der Waals surface area contributed by atoms with E-state index in [2.05, 4.69) is 38.4 Å². The number of pyridine rings is 1. The molecular formula is C15H21N7. The maximum atomic E-state index is 9.68. The molecule has 0 fully saturated rings. The van der Waals surface area contributed by atoms with E-state index in [1.54, 1.807) is 6.33 Å². The average molecular weight is 299 g/mol. The van der Waals surface area contributed by atoms with Gasteiger partial charge in [-0.2, -0.15) is 5.26 Å². The first-order chi connectivity index (χ1) is 10.6. The molecule has 0 radical (unpaired) electrons. The second-order valence-corrected chi connectivity index (χ2v) is 6.03. The molecule has 0 aliphatic carbocycles. The minimum absolute atomic E-state index is 0.731. The van der Waals surface area contributed by atoms with Gasteiger partial charge >= 0.3 is 0 Å². The minimum atomic E-state index is 0.731. The fourth-order valence-corrected chi connectivity index (χ4v) is 2.94. The number of nitrogens with one attached hydrogen (secondary N) is 1. The van der Waals surface area contributed by atoms with Gasteiger partial charge in [0.15, 0.2) is 5.65 Å². The molecule has 1 N–H and O–H groups in total. The summed E-state index contributed by atoms with van der Waals surface area (Å²) in [6, 6.07) is 2.39. The molecule has 22 heavy (non-hydrogen) atoms. The maximum Gasteiger partial charge on any atom is 0.167 e. The first-order valence-corrected chi connectivity index (χ1v) is 7.46. The molecule has 0 saturated heterocycles. The molecule has 2 aromatic rings. The van der Waals surface area contributed by atoms with Crippen molar-refractivity contribution in [2.24, 2.45) is 0 Å². The highest BCUT2D eigenvalue weighted by Crippen LogP contribution is 2.30. The van der Waals surface area contributed by atoms with Crippen LogP contribution in [-0.4, -0.2) is 65.2 Å². The Morgan fingerprint density at radius 2 is 2.23 bits per heavy atom. The second kappa shape index (κ2) is 5.91. The summed E-state index contributed by atoms with van der Waals surface area (Å²) < 4.78 is 1.91. The van der Waals surface area contributed by atoms with Crippen molar-refractivity contribution in [2.75, 3.05) is 46.1 Å². The van der Waals surface area contributed by atoms with Crippen LogP contribution >= 0.6 is 0 Å². The van der Waals surface area contributed by atoms with E-state index in [9.17, 15) is 5.26 Å². The summed E-state index contributed by atoms with van der Waals surface area (Å²) in [5.41, 5.74) is 3.83. The van der Waals surface area contributed by atoms with E-state index < -0.39 is 0 Å². The van der Waals surface area contributed by atoms with E-state index in [0.717, 1.165) is 60.8 Å². The summed E-state index contributed by atoms with van der Waals surface area (Å²) in [7, 11) is 6.15. The molecule has 0 bridgehead atoms. The van der Waals surface area contributed by atoms with Crippen molar-refractivity contribution in [2.45, 2.75) is 13.0 Å². The topological polar surface area (TPSA) is 72.5 Å². The summed E-state index contributed by atoms with van der Waals surface area (Å²) >= 11 is 0. The lowest BCUT2D eigenvalue weighted by molar-refractivity contribution is 0.313. The average Bonchev–Trinajstić information content (AvgIpc) is 2.96. The predicted octanol–water partition coefficient (Wildman–Crippen LogP) is 0.562. The van der Waals surface area contributed by atoms with Crippen molar-refractivity contribution in [3.8, 4) is 6.07 Å². The number of likely N-dealkylation sites (N-methyl/N-ethyl adjacent to an activating group) is 2. The predicted molar refractivity (Wildman–Crippen MR) is 84.8 cm³/mol. The molecule has 116 valence electrons. The Bertz CT molecular complexity index is 726. The molecule has 0 amide bonds. The fourth-order valence-electron chi connectivity index (χ4n) is 2.94. The third-order valence-corrected chi connectivity index (χ3v) is 4.10. The molecule has 0 saturated carbocycles. The van der Waals surface area contributed by atoms with E-state index in [-0.39, 0.29) is 0 Å². The number of nitrogens with zero attached hydrogens (tertiary/aromatic N) is 6. The molecule has 0 spiro atoms. The van der Waals surface area contributed by atoms with Crippen molar-refractivity contribution < 1.29 is 0 Å². The lowest BCUT2D eigenvalue weighted by atomic mass is 9.96. The SMILES string of the molecule is CN(C)CCNc1c(C#N)c2c(c3nncn13)CN(C)CC2. The van der Waals surface area contributed by atoms with Crippen LogP contribution in [0, 0.1) is 11.3 Å². The van der Waals surface area contributed by atoms with E-state index >= 15 is 0 Å². The smallest absolute Gasteiger partial charge is 0.167 e. The van der Waals surface area contributed by atoms with E-state index in [1.165, 1.54) is 0 Å². The Hall–Kier alpha value is -2.17. The van der Waals surface area contributed by atoms with Crippen LogP contribution in [0.25, 0.3) is 5.65 Å². The number of rotatable bonds is 4. The van der Waals surface area contributed by atoms with Crippen molar-refractivity contribution in [3.63, 3.8) is 0 Å². The normalized spacial score (nSPS) is 15.0. The molecule has 7 nitrogen and oxygen atoms in total. The lowest BCUT2D eigenvalue weighted by Crippen LogP contribution is -2.29. The Balaban J connectivity index is 2.09. The van der Waals surface area contributed by atoms with Gasteiger partial charge in [-0.3, -0.25) is 4.40 Å². The Kier molecular flexibility index (Phi) is 3.96. The van der Waals surface area contributed by atoms with Gasteiger partial charge in [0.05, 0.1) is 5.56 Å². The summed E-state index contributed by atoms with van der Waals surface area (Å²) in [5.74, 6) is 0.813. The van der Waals surface area contributed by atoms with Crippen LogP contribution in [0.2, 0.25) is 0 Å². The van der Waals surface area contributed by atoms with Gasteiger partial charge in [-0.05, 0) is 33.1 Å². The van der Waals surface area contributed by atoms with Crippen molar-refractivity contribution >= 4 is 11.5 Å². The van der Waals surface area contributed by atoms with Gasteiger partial charge in [-0.25, -0.2) is 0 Å². The van der Waals surface area contributed by atoms with Crippen molar-refractivity contribution in [1.29, 1.82) is 5.26 Å². The van der Waals surface area contributed by atoms with Crippen LogP contribution in [0.4, 0.5) is 5.82 Å². The molecule has 0 aromatic carbocycles. The number of anilines is 1. The Morgan fingerprint density at radius 1 is 1.41 bits per heavy atom. The molecule has 1 aliphatic rings. The van der Waals surface area contributed by atoms with Crippen molar-refractivity contribution in [3.05, 3.63) is 23.0 Å². The number of fused-ring (bicyclic) bond motifs is 3. The molecule has 3 rings (SSSR count). The summed E-state index contributed by atoms with van der Waals surface area (Å²) in [6.45, 7) is 3.44. The van der Waals surface area contributed by atoms with E-state index in [1.807, 2.05) is 18.5 Å². The van der Waals surface area contributed by atoms with Crippen LogP contribution < -0.4 is 5.32 Å². The summed E-state index contributed by atoms with van der Waals surface area (Å²) in [4.78, 5) is 4.35. The van der Waals surface area contributed by atoms with Gasteiger partial charge in [0.1, 0.15) is 18.2 Å². The largest absolute Gasteiger partial charge is 0.369 e. The van der Waals surface area contributed by atoms with Gasteiger partial charge in [-0.15, -0.1) is 10.2 Å². The minimum Gasteiger partial charge on any atom is -0.369 e. The summed E-state index contributed by atoms with van der Waals surface area (Å²) in [6.07, 6.45) is 2.56. The van der Waals surface area contributed by atoms with Crippen LogP contribution in [-0.2, 0) is 13.0 Å². The zero-order valence-corrected chi connectivity index (χ0v) is 13.3. The zero-order chi connectivity index (χ0) is 15.7. The fraction of sp³-hybridized carbons (Fsp3) is 0.533. The summed E-state index contributed by atoms with van der Waals surface area (Å²) in [5, 5.41) is 21.4.